The van der Waals surface area contributed by atoms with Crippen molar-refractivity contribution in [2.24, 2.45) is 0 Å². The van der Waals surface area contributed by atoms with Crippen LogP contribution in [-0.4, -0.2) is 28.2 Å². The van der Waals surface area contributed by atoms with E-state index in [-0.39, 0.29) is 16.9 Å². The number of hydrogen-bond donors (Lipinski definition) is 1. The van der Waals surface area contributed by atoms with E-state index in [2.05, 4.69) is 15.9 Å². The number of likely N-dealkylation sites (tertiary alicyclic amines) is 1. The van der Waals surface area contributed by atoms with Crippen molar-refractivity contribution < 1.29 is 19.1 Å². The fourth-order valence-electron chi connectivity index (χ4n) is 3.76. The van der Waals surface area contributed by atoms with Crippen molar-refractivity contribution in [1.29, 1.82) is 0 Å². The minimum absolute atomic E-state index is 0.00647. The first-order valence-electron chi connectivity index (χ1n) is 9.79. The van der Waals surface area contributed by atoms with Crippen LogP contribution >= 0.6 is 15.9 Å². The van der Waals surface area contributed by atoms with Crippen molar-refractivity contribution in [2.75, 3.05) is 6.54 Å². The molecule has 156 valence electrons. The number of Topliss-reactive ketones (excluding diaryl/α,β-unsaturated/α-hetero) is 1. The number of benzene rings is 3. The number of carbonyl (C=O) groups is 2. The normalized spacial score (nSPS) is 17.9. The SMILES string of the molecule is O=C1C(=O)N(CCc2ccccc2)C(c2ccc(Br)cc2)C1=C(O)c1ccc(F)cc1. The Hall–Kier alpha value is -3.25. The number of ketones is 1. The maximum absolute atomic E-state index is 13.3. The summed E-state index contributed by atoms with van der Waals surface area (Å²) < 4.78 is 14.2. The lowest BCUT2D eigenvalue weighted by molar-refractivity contribution is -0.139. The van der Waals surface area contributed by atoms with Crippen LogP contribution in [0.2, 0.25) is 0 Å². The van der Waals surface area contributed by atoms with E-state index in [0.717, 1.165) is 10.0 Å². The maximum Gasteiger partial charge on any atom is 0.295 e. The topological polar surface area (TPSA) is 57.6 Å². The molecule has 4 rings (SSSR count). The zero-order chi connectivity index (χ0) is 22.0. The second-order valence-corrected chi connectivity index (χ2v) is 8.20. The van der Waals surface area contributed by atoms with Gasteiger partial charge in [0.2, 0.25) is 0 Å². The minimum Gasteiger partial charge on any atom is -0.507 e. The number of nitrogens with zero attached hydrogens (tertiary/aromatic N) is 1. The molecule has 3 aromatic carbocycles. The second-order valence-electron chi connectivity index (χ2n) is 7.29. The summed E-state index contributed by atoms with van der Waals surface area (Å²) in [6, 6.07) is 21.4. The van der Waals surface area contributed by atoms with Gasteiger partial charge in [-0.1, -0.05) is 58.4 Å². The molecule has 1 aliphatic rings. The van der Waals surface area contributed by atoms with Crippen LogP contribution in [0, 0.1) is 5.82 Å². The lowest BCUT2D eigenvalue weighted by atomic mass is 9.95. The molecule has 31 heavy (non-hydrogen) atoms. The number of aliphatic hydroxyl groups is 1. The fourth-order valence-corrected chi connectivity index (χ4v) is 4.02. The highest BCUT2D eigenvalue weighted by Gasteiger charge is 2.45. The van der Waals surface area contributed by atoms with Crippen molar-refractivity contribution in [3.63, 3.8) is 0 Å². The van der Waals surface area contributed by atoms with Crippen LogP contribution in [-0.2, 0) is 16.0 Å². The minimum atomic E-state index is -0.747. The van der Waals surface area contributed by atoms with Crippen LogP contribution in [0.3, 0.4) is 0 Å². The average Bonchev–Trinajstić information content (AvgIpc) is 3.04. The molecule has 0 aliphatic carbocycles. The molecule has 1 fully saturated rings. The predicted molar refractivity (Wildman–Crippen MR) is 120 cm³/mol. The van der Waals surface area contributed by atoms with Crippen LogP contribution < -0.4 is 0 Å². The number of amides is 1. The van der Waals surface area contributed by atoms with Gasteiger partial charge in [-0.15, -0.1) is 0 Å². The molecule has 0 aromatic heterocycles. The number of rotatable bonds is 5. The Morgan fingerprint density at radius 3 is 2.23 bits per heavy atom. The summed E-state index contributed by atoms with van der Waals surface area (Å²) in [6.45, 7) is 0.315. The van der Waals surface area contributed by atoms with Gasteiger partial charge in [-0.05, 0) is 53.9 Å². The van der Waals surface area contributed by atoms with Gasteiger partial charge in [0.1, 0.15) is 11.6 Å². The summed E-state index contributed by atoms with van der Waals surface area (Å²) in [5.74, 6) is -2.17. The number of hydrogen-bond acceptors (Lipinski definition) is 3. The molecular formula is C25H19BrFNO3. The van der Waals surface area contributed by atoms with Crippen molar-refractivity contribution in [2.45, 2.75) is 12.5 Å². The largest absolute Gasteiger partial charge is 0.507 e. The average molecular weight is 480 g/mol. The van der Waals surface area contributed by atoms with E-state index in [0.29, 0.717) is 18.5 Å². The zero-order valence-electron chi connectivity index (χ0n) is 16.5. The lowest BCUT2D eigenvalue weighted by Gasteiger charge is -2.25. The smallest absolute Gasteiger partial charge is 0.295 e. The third-order valence-corrected chi connectivity index (χ3v) is 5.86. The molecule has 0 radical (unpaired) electrons. The van der Waals surface area contributed by atoms with Gasteiger partial charge in [-0.3, -0.25) is 9.59 Å². The van der Waals surface area contributed by atoms with Crippen molar-refractivity contribution in [3.8, 4) is 0 Å². The van der Waals surface area contributed by atoms with Gasteiger partial charge in [0.05, 0.1) is 11.6 Å². The molecule has 3 aromatic rings. The molecule has 6 heteroatoms. The molecule has 1 saturated heterocycles. The van der Waals surface area contributed by atoms with Gasteiger partial charge in [-0.2, -0.15) is 0 Å². The Balaban J connectivity index is 1.78. The number of aliphatic hydroxyl groups excluding tert-OH is 1. The number of halogens is 2. The highest BCUT2D eigenvalue weighted by Crippen LogP contribution is 2.39. The van der Waals surface area contributed by atoms with E-state index in [9.17, 15) is 19.1 Å². The van der Waals surface area contributed by atoms with Crippen LogP contribution in [0.4, 0.5) is 4.39 Å². The lowest BCUT2D eigenvalue weighted by Crippen LogP contribution is -2.31. The van der Waals surface area contributed by atoms with Crippen LogP contribution in [0.15, 0.2) is 88.9 Å². The molecule has 0 saturated carbocycles. The van der Waals surface area contributed by atoms with Crippen molar-refractivity contribution in [1.82, 2.24) is 4.90 Å². The van der Waals surface area contributed by atoms with E-state index in [4.69, 9.17) is 0 Å². The molecular weight excluding hydrogens is 461 g/mol. The fraction of sp³-hybridized carbons (Fsp3) is 0.120. The standard InChI is InChI=1S/C25H19BrFNO3/c26-19-10-6-17(7-11-19)22-21(23(29)18-8-12-20(27)13-9-18)24(30)25(31)28(22)15-14-16-4-2-1-3-5-16/h1-13,22,29H,14-15H2. The van der Waals surface area contributed by atoms with E-state index >= 15 is 0 Å². The Bertz CT molecular complexity index is 1140. The van der Waals surface area contributed by atoms with Crippen molar-refractivity contribution >= 4 is 33.4 Å². The van der Waals surface area contributed by atoms with Gasteiger partial charge >= 0.3 is 0 Å². The van der Waals surface area contributed by atoms with E-state index in [1.54, 1.807) is 0 Å². The van der Waals surface area contributed by atoms with Crippen LogP contribution in [0.25, 0.3) is 5.76 Å². The Labute approximate surface area is 187 Å². The summed E-state index contributed by atoms with van der Waals surface area (Å²) in [6.07, 6.45) is 0.567. The van der Waals surface area contributed by atoms with Crippen molar-refractivity contribution in [3.05, 3.63) is 111 Å². The van der Waals surface area contributed by atoms with Gasteiger partial charge in [-0.25, -0.2) is 4.39 Å². The van der Waals surface area contributed by atoms with Gasteiger partial charge < -0.3 is 10.0 Å². The first kappa shape index (κ1) is 21.0. The molecule has 0 spiro atoms. The first-order chi connectivity index (χ1) is 15.0. The molecule has 4 nitrogen and oxygen atoms in total. The van der Waals surface area contributed by atoms with Gasteiger partial charge in [0.25, 0.3) is 11.7 Å². The Kier molecular flexibility index (Phi) is 6.00. The summed E-state index contributed by atoms with van der Waals surface area (Å²) in [5, 5.41) is 10.9. The maximum atomic E-state index is 13.3. The molecule has 1 unspecified atom stereocenters. The third kappa shape index (κ3) is 4.30. The third-order valence-electron chi connectivity index (χ3n) is 5.33. The summed E-state index contributed by atoms with van der Waals surface area (Å²) >= 11 is 3.40. The predicted octanol–water partition coefficient (Wildman–Crippen LogP) is 5.25. The number of carbonyl (C=O) groups excluding carboxylic acids is 2. The highest BCUT2D eigenvalue weighted by atomic mass is 79.9. The van der Waals surface area contributed by atoms with Crippen LogP contribution in [0.5, 0.6) is 0 Å². The Morgan fingerprint density at radius 2 is 1.58 bits per heavy atom. The summed E-state index contributed by atoms with van der Waals surface area (Å²) in [5.41, 5.74) is 2.04. The summed E-state index contributed by atoms with van der Waals surface area (Å²) in [4.78, 5) is 27.4. The summed E-state index contributed by atoms with van der Waals surface area (Å²) in [7, 11) is 0. The zero-order valence-corrected chi connectivity index (χ0v) is 18.0. The molecule has 0 bridgehead atoms. The molecule has 1 amide bonds. The second kappa shape index (κ2) is 8.86. The molecule has 1 aliphatic heterocycles. The Morgan fingerprint density at radius 1 is 0.935 bits per heavy atom. The quantitative estimate of drug-likeness (QED) is 0.308. The first-order valence-corrected chi connectivity index (χ1v) is 10.6. The highest BCUT2D eigenvalue weighted by molar-refractivity contribution is 9.10. The van der Waals surface area contributed by atoms with Gasteiger partial charge in [0.15, 0.2) is 0 Å². The van der Waals surface area contributed by atoms with E-state index in [1.807, 2.05) is 54.6 Å². The van der Waals surface area contributed by atoms with E-state index in [1.165, 1.54) is 29.2 Å². The van der Waals surface area contributed by atoms with E-state index < -0.39 is 23.5 Å². The molecule has 1 heterocycles. The van der Waals surface area contributed by atoms with Gasteiger partial charge in [0, 0.05) is 16.6 Å². The molecule has 1 N–H and O–H groups in total. The molecule has 1 atom stereocenters. The monoisotopic (exact) mass is 479 g/mol. The van der Waals surface area contributed by atoms with Crippen LogP contribution in [0.1, 0.15) is 22.7 Å².